The van der Waals surface area contributed by atoms with Gasteiger partial charge in [0, 0.05) is 31.6 Å². The molecule has 2 heterocycles. The summed E-state index contributed by atoms with van der Waals surface area (Å²) in [4.78, 5) is 76.9. The highest BCUT2D eigenvalue weighted by Gasteiger charge is 2.45. The molecule has 1 unspecified atom stereocenters. The molecule has 2 amide bonds. The van der Waals surface area contributed by atoms with Crippen LogP contribution in [0.25, 0.3) is 0 Å². The third kappa shape index (κ3) is 18.0. The van der Waals surface area contributed by atoms with E-state index in [1.54, 1.807) is 6.92 Å². The molecule has 0 aromatic heterocycles. The fraction of sp³-hybridized carbons (Fsp3) is 0.647. The monoisotopic (exact) mass is 969 g/mol. The SMILES string of the molecule is CCC(=O)OC(O[P@](=O)(CCCCc1ccccc1)CC(=O)N1C[C@H](C2CCCCC2)C[C@H]1C(=O)O)C(C)C.NCCCC[C@H](N[C@@H](CCc1ccccc1)C(=O)O)C(=O)N1CCC[C@H]1C(=O)O. The number of unbranched alkanes of at least 4 members (excludes halogenated alkanes) is 2. The predicted octanol–water partition coefficient (Wildman–Crippen LogP) is 7.36. The minimum Gasteiger partial charge on any atom is -0.480 e. The van der Waals surface area contributed by atoms with Gasteiger partial charge in [-0.25, -0.2) is 9.59 Å². The summed E-state index contributed by atoms with van der Waals surface area (Å²) >= 11 is 0. The van der Waals surface area contributed by atoms with Gasteiger partial charge >= 0.3 is 23.9 Å². The number of esters is 1. The number of aryl methyl sites for hydroxylation is 2. The van der Waals surface area contributed by atoms with Crippen LogP contribution in [0, 0.1) is 17.8 Å². The molecule has 0 spiro atoms. The van der Waals surface area contributed by atoms with Gasteiger partial charge < -0.3 is 35.6 Å². The molecular weight excluding hydrogens is 892 g/mol. The molecule has 3 aliphatic rings. The van der Waals surface area contributed by atoms with E-state index in [1.165, 1.54) is 21.8 Å². The second-order valence-electron chi connectivity index (χ2n) is 18.9. The van der Waals surface area contributed by atoms with Crippen molar-refractivity contribution in [1.29, 1.82) is 0 Å². The van der Waals surface area contributed by atoms with E-state index < -0.39 is 67.6 Å². The Morgan fingerprint density at radius 1 is 0.750 bits per heavy atom. The van der Waals surface area contributed by atoms with Crippen LogP contribution in [-0.4, -0.2) is 123 Å². The number of hydrogen-bond donors (Lipinski definition) is 5. The molecule has 5 rings (SSSR count). The van der Waals surface area contributed by atoms with Crippen molar-refractivity contribution in [2.24, 2.45) is 23.5 Å². The van der Waals surface area contributed by atoms with Crippen molar-refractivity contribution < 1.29 is 57.9 Å². The molecule has 1 aliphatic carbocycles. The second-order valence-corrected chi connectivity index (χ2v) is 21.5. The first-order valence-electron chi connectivity index (χ1n) is 24.8. The zero-order valence-corrected chi connectivity index (χ0v) is 41.3. The van der Waals surface area contributed by atoms with Crippen LogP contribution in [0.2, 0.25) is 0 Å². The number of carbonyl (C=O) groups is 6. The molecule has 6 N–H and O–H groups in total. The Bertz CT molecular complexity index is 1950. The van der Waals surface area contributed by atoms with Gasteiger partial charge in [0.05, 0.1) is 6.04 Å². The number of nitrogens with one attached hydrogen (secondary N) is 1. The van der Waals surface area contributed by atoms with Crippen molar-refractivity contribution in [3.63, 3.8) is 0 Å². The number of carboxylic acid groups (broad SMARTS) is 3. The smallest absolute Gasteiger partial charge is 0.326 e. The van der Waals surface area contributed by atoms with E-state index in [0.717, 1.165) is 50.5 Å². The van der Waals surface area contributed by atoms with Crippen LogP contribution in [0.4, 0.5) is 0 Å². The Morgan fingerprint density at radius 2 is 1.38 bits per heavy atom. The van der Waals surface area contributed by atoms with E-state index >= 15 is 0 Å². The van der Waals surface area contributed by atoms with Crippen LogP contribution in [-0.2, 0) is 55.4 Å². The fourth-order valence-corrected chi connectivity index (χ4v) is 11.8. The van der Waals surface area contributed by atoms with Crippen molar-refractivity contribution in [3.8, 4) is 0 Å². The lowest BCUT2D eigenvalue weighted by Crippen LogP contribution is -2.54. The summed E-state index contributed by atoms with van der Waals surface area (Å²) in [7, 11) is -3.60. The van der Waals surface area contributed by atoms with Crippen molar-refractivity contribution in [3.05, 3.63) is 71.8 Å². The van der Waals surface area contributed by atoms with Crippen molar-refractivity contribution in [2.45, 2.75) is 160 Å². The Balaban J connectivity index is 0.000000310. The van der Waals surface area contributed by atoms with Gasteiger partial charge in [-0.05, 0) is 93.7 Å². The third-order valence-electron chi connectivity index (χ3n) is 13.4. The van der Waals surface area contributed by atoms with Crippen LogP contribution in [0.1, 0.15) is 128 Å². The van der Waals surface area contributed by atoms with Crippen LogP contribution in [0.5, 0.6) is 0 Å². The summed E-state index contributed by atoms with van der Waals surface area (Å²) in [6.45, 7) is 6.54. The molecule has 2 aromatic carbocycles. The highest BCUT2D eigenvalue weighted by molar-refractivity contribution is 7.59. The number of hydrogen-bond acceptors (Lipinski definition) is 11. The van der Waals surface area contributed by atoms with E-state index in [-0.39, 0.29) is 36.5 Å². The molecule has 0 bridgehead atoms. The molecule has 68 heavy (non-hydrogen) atoms. The molecular formula is C51H77N4O12P. The average molecular weight is 969 g/mol. The molecule has 1 saturated carbocycles. The molecule has 7 atom stereocenters. The van der Waals surface area contributed by atoms with E-state index in [4.69, 9.17) is 15.0 Å². The summed E-state index contributed by atoms with van der Waals surface area (Å²) in [5.74, 6) is -3.98. The number of ether oxygens (including phenoxy) is 1. The van der Waals surface area contributed by atoms with Crippen LogP contribution < -0.4 is 11.1 Å². The maximum Gasteiger partial charge on any atom is 0.326 e. The molecule has 0 radical (unpaired) electrons. The number of carbonyl (C=O) groups excluding carboxylic acids is 3. The topological polar surface area (TPSA) is 243 Å². The van der Waals surface area contributed by atoms with Gasteiger partial charge in [-0.1, -0.05) is 120 Å². The number of likely N-dealkylation sites (tertiary alicyclic amines) is 2. The van der Waals surface area contributed by atoms with Gasteiger partial charge in [-0.2, -0.15) is 0 Å². The van der Waals surface area contributed by atoms with E-state index in [1.807, 2.05) is 74.5 Å². The lowest BCUT2D eigenvalue weighted by molar-refractivity contribution is -0.169. The maximum absolute atomic E-state index is 14.2. The summed E-state index contributed by atoms with van der Waals surface area (Å²) in [6.07, 6.45) is 10.9. The summed E-state index contributed by atoms with van der Waals surface area (Å²) < 4.78 is 25.7. The van der Waals surface area contributed by atoms with Crippen molar-refractivity contribution >= 4 is 43.1 Å². The second kappa shape index (κ2) is 28.8. The number of benzene rings is 2. The minimum absolute atomic E-state index is 0.149. The van der Waals surface area contributed by atoms with Gasteiger partial charge in [-0.3, -0.25) is 33.6 Å². The number of nitrogens with zero attached hydrogens (tertiary/aromatic N) is 2. The lowest BCUT2D eigenvalue weighted by atomic mass is 9.79. The number of nitrogens with two attached hydrogens (primary N) is 1. The first-order chi connectivity index (χ1) is 32.5. The van der Waals surface area contributed by atoms with Crippen molar-refractivity contribution in [1.82, 2.24) is 15.1 Å². The minimum atomic E-state index is -3.60. The van der Waals surface area contributed by atoms with Gasteiger partial charge in [0.15, 0.2) is 0 Å². The summed E-state index contributed by atoms with van der Waals surface area (Å²) in [6, 6.07) is 16.2. The lowest BCUT2D eigenvalue weighted by Gasteiger charge is -2.30. The van der Waals surface area contributed by atoms with Gasteiger partial charge in [0.2, 0.25) is 25.5 Å². The van der Waals surface area contributed by atoms with Gasteiger partial charge in [0.25, 0.3) is 0 Å². The summed E-state index contributed by atoms with van der Waals surface area (Å²) in [5, 5.41) is 32.0. The molecule has 2 aliphatic heterocycles. The Labute approximate surface area is 402 Å². The van der Waals surface area contributed by atoms with Gasteiger partial charge in [0.1, 0.15) is 24.3 Å². The fourth-order valence-electron chi connectivity index (χ4n) is 9.53. The molecule has 3 fully saturated rings. The zero-order chi connectivity index (χ0) is 49.6. The Hall–Kier alpha value is -4.63. The standard InChI is InChI=1S/C30H46NO7P.C21H31N3O5/c1-4-28(33)37-30(22(2)3)38-39(36,18-12-11-15-23-13-7-5-8-14-23)21-27(32)31-20-25(19-26(31)29(34)35)24-16-9-6-10-17-24;22-13-5-4-9-16(19(25)24-14-6-10-18(24)21(28)29)23-17(20(26)27)12-11-15-7-2-1-3-8-15/h5,7-8,13-14,22,24-26,30H,4,6,9-12,15-21H2,1-3H3,(H,34,35);1-3,7-8,16-18,23H,4-6,9-14,22H2,(H,26,27)(H,28,29)/t25-,26+,30?,39-;16-,17-,18-/m10/s1. The van der Waals surface area contributed by atoms with Gasteiger partial charge in [-0.15, -0.1) is 0 Å². The quantitative estimate of drug-likeness (QED) is 0.0268. The summed E-state index contributed by atoms with van der Waals surface area (Å²) in [5.41, 5.74) is 7.75. The van der Waals surface area contributed by atoms with Crippen LogP contribution in [0.3, 0.4) is 0 Å². The maximum atomic E-state index is 14.2. The Morgan fingerprint density at radius 3 is 1.96 bits per heavy atom. The largest absolute Gasteiger partial charge is 0.480 e. The molecule has 17 heteroatoms. The number of aliphatic carboxylic acids is 3. The first-order valence-corrected chi connectivity index (χ1v) is 26.8. The number of carboxylic acids is 3. The average Bonchev–Trinajstić information content (AvgIpc) is 4.02. The van der Waals surface area contributed by atoms with Crippen LogP contribution >= 0.6 is 7.37 Å². The Kier molecular flexibility index (Phi) is 23.7. The van der Waals surface area contributed by atoms with Crippen molar-refractivity contribution in [2.75, 3.05) is 32.0 Å². The molecule has 16 nitrogen and oxygen atoms in total. The van der Waals surface area contributed by atoms with Crippen LogP contribution in [0.15, 0.2) is 60.7 Å². The molecule has 2 saturated heterocycles. The number of amides is 2. The first kappa shape index (κ1) is 56.0. The van der Waals surface area contributed by atoms with E-state index in [9.17, 15) is 48.7 Å². The van der Waals surface area contributed by atoms with E-state index in [0.29, 0.717) is 76.9 Å². The van der Waals surface area contributed by atoms with E-state index in [2.05, 4.69) is 5.32 Å². The number of rotatable bonds is 26. The predicted molar refractivity (Wildman–Crippen MR) is 259 cm³/mol. The third-order valence-corrected chi connectivity index (χ3v) is 15.7. The zero-order valence-electron chi connectivity index (χ0n) is 40.4. The normalized spacial score (nSPS) is 20.7. The highest BCUT2D eigenvalue weighted by Crippen LogP contribution is 2.51. The highest BCUT2D eigenvalue weighted by atomic mass is 31.2. The molecule has 2 aromatic rings. The molecule has 378 valence electrons.